The van der Waals surface area contributed by atoms with Gasteiger partial charge in [-0.05, 0) is 18.2 Å². The number of hydrogen-bond donors (Lipinski definition) is 2. The van der Waals surface area contributed by atoms with Crippen LogP contribution in [0, 0.1) is 0 Å². The number of nitrogens with two attached hydrogens (primary N) is 2. The highest BCUT2D eigenvalue weighted by atomic mass is 35.5. The fourth-order valence-corrected chi connectivity index (χ4v) is 0.932. The maximum atomic E-state index is 5.73. The summed E-state index contributed by atoms with van der Waals surface area (Å²) in [7, 11) is 0. The van der Waals surface area contributed by atoms with E-state index in [2.05, 4.69) is 5.10 Å². The van der Waals surface area contributed by atoms with E-state index in [1.54, 1.807) is 24.3 Å². The molecular weight excluding hydrogens is 190 g/mol. The lowest BCUT2D eigenvalue weighted by Gasteiger charge is -2.04. The fraction of sp³-hybridized carbons (Fsp3) is 0.125. The average molecular weight is 200 g/mol. The van der Waals surface area contributed by atoms with Crippen LogP contribution in [0.25, 0.3) is 0 Å². The molecule has 5 heteroatoms. The number of halogens is 1. The zero-order valence-corrected chi connectivity index (χ0v) is 7.66. The van der Waals surface area contributed by atoms with Gasteiger partial charge in [-0.3, -0.25) is 0 Å². The second-order valence-corrected chi connectivity index (χ2v) is 2.80. The number of hydrazone groups is 1. The van der Waals surface area contributed by atoms with Crippen molar-refractivity contribution in [2.75, 3.05) is 6.61 Å². The molecule has 0 aromatic heterocycles. The van der Waals surface area contributed by atoms with Gasteiger partial charge in [-0.25, -0.2) is 0 Å². The summed E-state index contributed by atoms with van der Waals surface area (Å²) < 4.78 is 5.22. The predicted molar refractivity (Wildman–Crippen MR) is 52.8 cm³/mol. The molecule has 0 atom stereocenters. The highest BCUT2D eigenvalue weighted by Gasteiger charge is 1.96. The van der Waals surface area contributed by atoms with E-state index in [0.29, 0.717) is 10.8 Å². The summed E-state index contributed by atoms with van der Waals surface area (Å²) in [5, 5.41) is 3.87. The molecule has 0 fully saturated rings. The summed E-state index contributed by atoms with van der Waals surface area (Å²) >= 11 is 5.73. The molecular formula is C8H10ClN3O. The highest BCUT2D eigenvalue weighted by Crippen LogP contribution is 2.16. The molecule has 0 heterocycles. The number of ether oxygens (including phenoxy) is 1. The molecule has 0 radical (unpaired) electrons. The van der Waals surface area contributed by atoms with E-state index in [0.717, 1.165) is 0 Å². The van der Waals surface area contributed by atoms with E-state index in [9.17, 15) is 0 Å². The molecule has 0 saturated heterocycles. The van der Waals surface area contributed by atoms with E-state index in [1.807, 2.05) is 0 Å². The Labute approximate surface area is 81.1 Å². The third kappa shape index (κ3) is 3.21. The van der Waals surface area contributed by atoms with Gasteiger partial charge in [-0.15, -0.1) is 0 Å². The van der Waals surface area contributed by atoms with Crippen molar-refractivity contribution in [3.63, 3.8) is 0 Å². The second kappa shape index (κ2) is 4.57. The Kier molecular flexibility index (Phi) is 3.40. The third-order valence-electron chi connectivity index (χ3n) is 1.35. The predicted octanol–water partition coefficient (Wildman–Crippen LogP) is 0.950. The van der Waals surface area contributed by atoms with Crippen LogP contribution < -0.4 is 16.3 Å². The fourth-order valence-electron chi connectivity index (χ4n) is 0.751. The van der Waals surface area contributed by atoms with E-state index in [1.165, 1.54) is 0 Å². The van der Waals surface area contributed by atoms with Gasteiger partial charge in [0.2, 0.25) is 0 Å². The monoisotopic (exact) mass is 199 g/mol. The second-order valence-electron chi connectivity index (χ2n) is 2.37. The lowest BCUT2D eigenvalue weighted by Crippen LogP contribution is -2.22. The normalized spacial score (nSPS) is 11.3. The lowest BCUT2D eigenvalue weighted by atomic mass is 10.3. The van der Waals surface area contributed by atoms with Gasteiger partial charge in [0, 0.05) is 5.02 Å². The van der Waals surface area contributed by atoms with Crippen LogP contribution in [-0.4, -0.2) is 12.4 Å². The number of hydrogen-bond acceptors (Lipinski definition) is 3. The van der Waals surface area contributed by atoms with Gasteiger partial charge < -0.3 is 16.3 Å². The molecule has 0 spiro atoms. The van der Waals surface area contributed by atoms with Crippen LogP contribution in [0.1, 0.15) is 0 Å². The molecule has 0 aliphatic rings. The van der Waals surface area contributed by atoms with Crippen molar-refractivity contribution in [2.45, 2.75) is 0 Å². The van der Waals surface area contributed by atoms with Crippen molar-refractivity contribution in [3.8, 4) is 5.75 Å². The van der Waals surface area contributed by atoms with Crippen LogP contribution in [-0.2, 0) is 0 Å². The molecule has 13 heavy (non-hydrogen) atoms. The zero-order valence-electron chi connectivity index (χ0n) is 6.90. The van der Waals surface area contributed by atoms with E-state index in [-0.39, 0.29) is 12.4 Å². The summed E-state index contributed by atoms with van der Waals surface area (Å²) in [4.78, 5) is 0. The van der Waals surface area contributed by atoms with Crippen LogP contribution in [0.15, 0.2) is 29.4 Å². The zero-order chi connectivity index (χ0) is 9.68. The largest absolute Gasteiger partial charge is 0.486 e. The van der Waals surface area contributed by atoms with Gasteiger partial charge in [-0.1, -0.05) is 17.7 Å². The highest BCUT2D eigenvalue weighted by molar-refractivity contribution is 6.30. The molecule has 0 aliphatic carbocycles. The first-order chi connectivity index (χ1) is 6.22. The van der Waals surface area contributed by atoms with Crippen molar-refractivity contribution >= 4 is 17.4 Å². The summed E-state index contributed by atoms with van der Waals surface area (Å²) in [6, 6.07) is 7.00. The van der Waals surface area contributed by atoms with Gasteiger partial charge in [0.1, 0.15) is 12.4 Å². The van der Waals surface area contributed by atoms with Gasteiger partial charge in [0.05, 0.1) is 0 Å². The van der Waals surface area contributed by atoms with Crippen molar-refractivity contribution in [3.05, 3.63) is 29.3 Å². The van der Waals surface area contributed by atoms with Crippen LogP contribution in [0.2, 0.25) is 5.02 Å². The van der Waals surface area contributed by atoms with Crippen LogP contribution in [0.4, 0.5) is 0 Å². The van der Waals surface area contributed by atoms with Crippen molar-refractivity contribution in [2.24, 2.45) is 16.7 Å². The van der Waals surface area contributed by atoms with Crippen LogP contribution in [0.5, 0.6) is 5.75 Å². The van der Waals surface area contributed by atoms with Crippen molar-refractivity contribution < 1.29 is 4.74 Å². The molecule has 4 N–H and O–H groups in total. The Hall–Kier alpha value is -1.42. The molecule has 0 bridgehead atoms. The van der Waals surface area contributed by atoms with Gasteiger partial charge in [0.15, 0.2) is 5.84 Å². The number of benzene rings is 1. The number of amidine groups is 1. The minimum atomic E-state index is 0.164. The minimum absolute atomic E-state index is 0.164. The Morgan fingerprint density at radius 3 is 2.92 bits per heavy atom. The first-order valence-corrected chi connectivity index (χ1v) is 4.01. The van der Waals surface area contributed by atoms with E-state index >= 15 is 0 Å². The molecule has 0 saturated carbocycles. The molecule has 0 amide bonds. The van der Waals surface area contributed by atoms with Crippen molar-refractivity contribution in [1.29, 1.82) is 0 Å². The van der Waals surface area contributed by atoms with Crippen molar-refractivity contribution in [1.82, 2.24) is 0 Å². The molecule has 1 aromatic carbocycles. The van der Waals surface area contributed by atoms with Gasteiger partial charge in [0.25, 0.3) is 0 Å². The standard InChI is InChI=1S/C8H10ClN3O/c9-6-2-1-3-7(4-6)13-5-8(10)12-11/h1-4H,5,11H2,(H2,10,12). The summed E-state index contributed by atoms with van der Waals surface area (Å²) in [5.41, 5.74) is 5.33. The maximum absolute atomic E-state index is 5.73. The van der Waals surface area contributed by atoms with E-state index in [4.69, 9.17) is 27.9 Å². The van der Waals surface area contributed by atoms with E-state index < -0.39 is 0 Å². The van der Waals surface area contributed by atoms with Gasteiger partial charge in [-0.2, -0.15) is 5.10 Å². The molecule has 70 valence electrons. The third-order valence-corrected chi connectivity index (χ3v) is 1.58. The average Bonchev–Trinajstić information content (AvgIpc) is 2.14. The van der Waals surface area contributed by atoms with Crippen LogP contribution >= 0.6 is 11.6 Å². The number of rotatable bonds is 3. The quantitative estimate of drug-likeness (QED) is 0.330. The van der Waals surface area contributed by atoms with Crippen LogP contribution in [0.3, 0.4) is 0 Å². The smallest absolute Gasteiger partial charge is 0.157 e. The SMILES string of the molecule is N/N=C(\N)COc1cccc(Cl)c1. The Bertz CT molecular complexity index is 314. The summed E-state index contributed by atoms with van der Waals surface area (Å²) in [6.07, 6.45) is 0. The molecule has 1 aromatic rings. The molecule has 1 rings (SSSR count). The Balaban J connectivity index is 2.55. The topological polar surface area (TPSA) is 73.6 Å². The Morgan fingerprint density at radius 1 is 1.54 bits per heavy atom. The molecule has 0 aliphatic heterocycles. The number of nitrogens with zero attached hydrogens (tertiary/aromatic N) is 1. The lowest BCUT2D eigenvalue weighted by molar-refractivity contribution is 0.375. The summed E-state index contributed by atoms with van der Waals surface area (Å²) in [5.74, 6) is 5.80. The molecule has 0 unspecified atom stereocenters. The first kappa shape index (κ1) is 9.67. The minimum Gasteiger partial charge on any atom is -0.486 e. The summed E-state index contributed by atoms with van der Waals surface area (Å²) in [6.45, 7) is 0.164. The maximum Gasteiger partial charge on any atom is 0.157 e. The van der Waals surface area contributed by atoms with Gasteiger partial charge >= 0.3 is 0 Å². The Morgan fingerprint density at radius 2 is 2.31 bits per heavy atom. The molecule has 4 nitrogen and oxygen atoms in total. The first-order valence-electron chi connectivity index (χ1n) is 3.63.